The van der Waals surface area contributed by atoms with E-state index in [9.17, 15) is 0 Å². The van der Waals surface area contributed by atoms with Crippen LogP contribution in [0.5, 0.6) is 0 Å². The molecule has 0 amide bonds. The van der Waals surface area contributed by atoms with Crippen LogP contribution in [0.1, 0.15) is 0 Å². The molecule has 5 heteroatoms. The van der Waals surface area contributed by atoms with Gasteiger partial charge in [-0.05, 0) is 24.6 Å². The monoisotopic (exact) mass is 239 g/mol. The molecular formula is C11H15BClNO2. The van der Waals surface area contributed by atoms with E-state index in [1.54, 1.807) is 0 Å². The highest BCUT2D eigenvalue weighted by molar-refractivity contribution is 6.61. The Bertz CT molecular complexity index is 341. The summed E-state index contributed by atoms with van der Waals surface area (Å²) in [6.45, 7) is 3.21. The van der Waals surface area contributed by atoms with Crippen molar-refractivity contribution in [2.75, 3.05) is 33.4 Å². The molecule has 3 nitrogen and oxygen atoms in total. The third kappa shape index (κ3) is 3.22. The zero-order chi connectivity index (χ0) is 11.4. The minimum Gasteiger partial charge on any atom is -0.406 e. The van der Waals surface area contributed by atoms with Gasteiger partial charge in [0.1, 0.15) is 0 Å². The van der Waals surface area contributed by atoms with Crippen LogP contribution in [0.25, 0.3) is 0 Å². The van der Waals surface area contributed by atoms with Crippen LogP contribution in [0.15, 0.2) is 24.3 Å². The maximum absolute atomic E-state index is 5.94. The van der Waals surface area contributed by atoms with Crippen LogP contribution in [0.4, 0.5) is 0 Å². The van der Waals surface area contributed by atoms with Crippen LogP contribution in [-0.2, 0) is 9.31 Å². The van der Waals surface area contributed by atoms with Crippen molar-refractivity contribution in [2.45, 2.75) is 0 Å². The normalized spacial score (nSPS) is 19.2. The molecule has 1 fully saturated rings. The van der Waals surface area contributed by atoms with E-state index in [-0.39, 0.29) is 7.12 Å². The van der Waals surface area contributed by atoms with Crippen LogP contribution in [0.2, 0.25) is 5.02 Å². The first-order chi connectivity index (χ1) is 7.75. The van der Waals surface area contributed by atoms with Gasteiger partial charge in [0.2, 0.25) is 0 Å². The molecule has 1 aliphatic rings. The van der Waals surface area contributed by atoms with Crippen LogP contribution in [0.3, 0.4) is 0 Å². The molecule has 1 heterocycles. The van der Waals surface area contributed by atoms with Gasteiger partial charge in [0.25, 0.3) is 0 Å². The highest BCUT2D eigenvalue weighted by Gasteiger charge is 2.23. The Morgan fingerprint density at radius 1 is 1.25 bits per heavy atom. The second-order valence-electron chi connectivity index (χ2n) is 3.93. The number of nitrogens with zero attached hydrogens (tertiary/aromatic N) is 1. The van der Waals surface area contributed by atoms with Gasteiger partial charge in [-0.2, -0.15) is 0 Å². The van der Waals surface area contributed by atoms with Crippen molar-refractivity contribution in [1.82, 2.24) is 4.90 Å². The zero-order valence-electron chi connectivity index (χ0n) is 9.36. The van der Waals surface area contributed by atoms with E-state index in [1.165, 1.54) is 0 Å². The van der Waals surface area contributed by atoms with Crippen molar-refractivity contribution in [1.29, 1.82) is 0 Å². The first kappa shape index (κ1) is 11.9. The molecule has 86 valence electrons. The molecule has 1 saturated heterocycles. The Morgan fingerprint density at radius 2 is 1.94 bits per heavy atom. The van der Waals surface area contributed by atoms with Crippen LogP contribution >= 0.6 is 11.6 Å². The third-order valence-corrected chi connectivity index (χ3v) is 2.84. The van der Waals surface area contributed by atoms with Crippen LogP contribution < -0.4 is 5.46 Å². The molecule has 2 rings (SSSR count). The molecule has 1 aromatic carbocycles. The van der Waals surface area contributed by atoms with Crippen molar-refractivity contribution in [3.63, 3.8) is 0 Å². The topological polar surface area (TPSA) is 21.7 Å². The summed E-state index contributed by atoms with van der Waals surface area (Å²) in [6.07, 6.45) is 0. The Hall–Kier alpha value is -0.545. The van der Waals surface area contributed by atoms with E-state index in [1.807, 2.05) is 24.3 Å². The quantitative estimate of drug-likeness (QED) is 0.683. The fourth-order valence-electron chi connectivity index (χ4n) is 1.64. The summed E-state index contributed by atoms with van der Waals surface area (Å²) in [6, 6.07) is 7.62. The first-order valence-electron chi connectivity index (χ1n) is 5.43. The summed E-state index contributed by atoms with van der Waals surface area (Å²) in [4.78, 5) is 2.19. The highest BCUT2D eigenvalue weighted by atomic mass is 35.5. The number of hydrogen-bond donors (Lipinski definition) is 0. The molecule has 0 spiro atoms. The highest BCUT2D eigenvalue weighted by Crippen LogP contribution is 2.06. The Labute approximate surface area is 101 Å². The second kappa shape index (κ2) is 5.68. The molecule has 0 radical (unpaired) electrons. The van der Waals surface area contributed by atoms with Gasteiger partial charge >= 0.3 is 7.12 Å². The second-order valence-corrected chi connectivity index (χ2v) is 4.37. The number of halogens is 1. The summed E-state index contributed by atoms with van der Waals surface area (Å²) in [5.41, 5.74) is 0.983. The first-order valence-corrected chi connectivity index (χ1v) is 5.81. The molecule has 16 heavy (non-hydrogen) atoms. The zero-order valence-corrected chi connectivity index (χ0v) is 10.1. The Kier molecular flexibility index (Phi) is 4.24. The summed E-state index contributed by atoms with van der Waals surface area (Å²) >= 11 is 5.94. The third-order valence-electron chi connectivity index (χ3n) is 2.61. The lowest BCUT2D eigenvalue weighted by Crippen LogP contribution is -2.43. The fraction of sp³-hybridized carbons (Fsp3) is 0.455. The van der Waals surface area contributed by atoms with E-state index < -0.39 is 0 Å². The lowest BCUT2D eigenvalue weighted by Gasteiger charge is -2.24. The minimum atomic E-state index is -0.285. The number of rotatable bonds is 1. The molecule has 0 atom stereocenters. The molecule has 0 saturated carbocycles. The number of benzene rings is 1. The van der Waals surface area contributed by atoms with Crippen LogP contribution in [0, 0.1) is 0 Å². The van der Waals surface area contributed by atoms with Gasteiger partial charge in [-0.15, -0.1) is 0 Å². The molecule has 0 aliphatic carbocycles. The van der Waals surface area contributed by atoms with Gasteiger partial charge in [0.15, 0.2) is 0 Å². The summed E-state index contributed by atoms with van der Waals surface area (Å²) in [5, 5.41) is 0.712. The summed E-state index contributed by atoms with van der Waals surface area (Å²) in [7, 11) is 1.78. The minimum absolute atomic E-state index is 0.285. The van der Waals surface area contributed by atoms with Gasteiger partial charge < -0.3 is 14.2 Å². The van der Waals surface area contributed by atoms with Crippen molar-refractivity contribution in [3.05, 3.63) is 29.3 Å². The van der Waals surface area contributed by atoms with Gasteiger partial charge in [0.05, 0.1) is 0 Å². The standard InChI is InChI=1S/C11H15BClNO2/c1-14-5-7-15-12(16-8-6-14)10-3-2-4-11(13)9-10/h2-4,9H,5-8H2,1H3. The lowest BCUT2D eigenvalue weighted by atomic mass is 9.79. The maximum Gasteiger partial charge on any atom is 0.493 e. The average Bonchev–Trinajstić information content (AvgIpc) is 2.23. The SMILES string of the molecule is CN1CCOB(c2cccc(Cl)c2)OCC1. The predicted octanol–water partition coefficient (Wildman–Crippen LogP) is 1.01. The predicted molar refractivity (Wildman–Crippen MR) is 66.2 cm³/mol. The molecule has 1 aliphatic heterocycles. The molecule has 0 N–H and O–H groups in total. The number of hydrogen-bond acceptors (Lipinski definition) is 3. The summed E-state index contributed by atoms with van der Waals surface area (Å²) in [5.74, 6) is 0. The van der Waals surface area contributed by atoms with E-state index >= 15 is 0 Å². The van der Waals surface area contributed by atoms with Crippen molar-refractivity contribution < 1.29 is 9.31 Å². The van der Waals surface area contributed by atoms with Crippen LogP contribution in [-0.4, -0.2) is 45.4 Å². The van der Waals surface area contributed by atoms with Crippen molar-refractivity contribution >= 4 is 24.2 Å². The molecule has 0 aromatic heterocycles. The van der Waals surface area contributed by atoms with Crippen molar-refractivity contribution in [2.24, 2.45) is 0 Å². The fourth-order valence-corrected chi connectivity index (χ4v) is 1.84. The van der Waals surface area contributed by atoms with Crippen molar-refractivity contribution in [3.8, 4) is 0 Å². The molecule has 0 unspecified atom stereocenters. The molecular weight excluding hydrogens is 224 g/mol. The van der Waals surface area contributed by atoms with E-state index in [0.717, 1.165) is 18.6 Å². The Balaban J connectivity index is 2.03. The number of likely N-dealkylation sites (N-methyl/N-ethyl adjacent to an activating group) is 1. The molecule has 0 bridgehead atoms. The smallest absolute Gasteiger partial charge is 0.406 e. The van der Waals surface area contributed by atoms with E-state index in [4.69, 9.17) is 20.9 Å². The average molecular weight is 240 g/mol. The Morgan fingerprint density at radius 3 is 2.56 bits per heavy atom. The maximum atomic E-state index is 5.94. The largest absolute Gasteiger partial charge is 0.493 e. The lowest BCUT2D eigenvalue weighted by molar-refractivity contribution is 0.132. The van der Waals surface area contributed by atoms with Gasteiger partial charge in [-0.3, -0.25) is 0 Å². The summed E-state index contributed by atoms with van der Waals surface area (Å²) < 4.78 is 11.3. The van der Waals surface area contributed by atoms with Gasteiger partial charge in [0, 0.05) is 31.3 Å². The van der Waals surface area contributed by atoms with Gasteiger partial charge in [-0.25, -0.2) is 0 Å². The van der Waals surface area contributed by atoms with Gasteiger partial charge in [-0.1, -0.05) is 23.7 Å². The van der Waals surface area contributed by atoms with E-state index in [2.05, 4.69) is 11.9 Å². The van der Waals surface area contributed by atoms with E-state index in [0.29, 0.717) is 18.2 Å². The molecule has 1 aromatic rings.